The number of carbonyl (C=O) groups is 1. The Morgan fingerprint density at radius 3 is 2.67 bits per heavy atom. The van der Waals surface area contributed by atoms with E-state index in [1.165, 1.54) is 12.1 Å². The molecule has 1 fully saturated rings. The summed E-state index contributed by atoms with van der Waals surface area (Å²) in [6.07, 6.45) is 2.73. The number of aromatic nitrogens is 2. The average Bonchev–Trinajstić information content (AvgIpc) is 2.97. The fraction of sp³-hybridized carbons (Fsp3) is 0.364. The highest BCUT2D eigenvalue weighted by atomic mass is 19.3. The number of carbonyl (C=O) groups excluding carboxylic acids is 1. The fourth-order valence-electron chi connectivity index (χ4n) is 3.73. The van der Waals surface area contributed by atoms with Crippen LogP contribution in [0.5, 0.6) is 5.75 Å². The summed E-state index contributed by atoms with van der Waals surface area (Å²) in [5.41, 5.74) is 0.509. The van der Waals surface area contributed by atoms with Crippen molar-refractivity contribution in [3.8, 4) is 5.75 Å². The molecule has 1 heterocycles. The van der Waals surface area contributed by atoms with Crippen molar-refractivity contribution in [2.75, 3.05) is 5.32 Å². The molecule has 30 heavy (non-hydrogen) atoms. The van der Waals surface area contributed by atoms with Crippen molar-refractivity contribution in [2.24, 2.45) is 0 Å². The first-order valence-corrected chi connectivity index (χ1v) is 9.88. The van der Waals surface area contributed by atoms with E-state index in [2.05, 4.69) is 15.0 Å². The summed E-state index contributed by atoms with van der Waals surface area (Å²) in [4.78, 5) is 17.2. The molecule has 0 spiro atoms. The standard InChI is InChI=1S/C22H23F2N3O3/c1-22(29,14-6-3-2-4-7-14)13-19(28)26-21-25-17-11-10-16(30-20(23)24)12-18(17)27(21)15-8-5-9-15/h2-4,6-7,10-12,15,20,29H,5,8-9,13H2,1H3,(H,25,26,28). The quantitative estimate of drug-likeness (QED) is 0.591. The average molecular weight is 415 g/mol. The Morgan fingerprint density at radius 1 is 1.30 bits per heavy atom. The SMILES string of the molecule is CC(O)(CC(=O)Nc1nc2ccc(OC(F)F)cc2n1C1CCC1)c1ccccc1. The molecule has 2 aromatic carbocycles. The molecule has 0 aliphatic heterocycles. The Morgan fingerprint density at radius 2 is 2.03 bits per heavy atom. The number of hydrogen-bond acceptors (Lipinski definition) is 4. The Balaban J connectivity index is 1.61. The van der Waals surface area contributed by atoms with Crippen molar-refractivity contribution in [3.63, 3.8) is 0 Å². The van der Waals surface area contributed by atoms with Gasteiger partial charge in [0.25, 0.3) is 0 Å². The number of nitrogens with one attached hydrogen (secondary N) is 1. The molecule has 1 saturated carbocycles. The van der Waals surface area contributed by atoms with Gasteiger partial charge in [0.1, 0.15) is 5.75 Å². The predicted molar refractivity (Wildman–Crippen MR) is 109 cm³/mol. The van der Waals surface area contributed by atoms with E-state index in [9.17, 15) is 18.7 Å². The summed E-state index contributed by atoms with van der Waals surface area (Å²) >= 11 is 0. The van der Waals surface area contributed by atoms with Crippen molar-refractivity contribution in [1.29, 1.82) is 0 Å². The van der Waals surface area contributed by atoms with Gasteiger partial charge in [-0.25, -0.2) is 4.98 Å². The number of ether oxygens (including phenoxy) is 1. The van der Waals surface area contributed by atoms with E-state index in [1.54, 1.807) is 37.3 Å². The maximum Gasteiger partial charge on any atom is 0.387 e. The van der Waals surface area contributed by atoms with Gasteiger partial charge in [-0.1, -0.05) is 30.3 Å². The van der Waals surface area contributed by atoms with E-state index < -0.39 is 12.2 Å². The van der Waals surface area contributed by atoms with Crippen LogP contribution >= 0.6 is 0 Å². The zero-order chi connectivity index (χ0) is 21.3. The van der Waals surface area contributed by atoms with Gasteiger partial charge in [0.15, 0.2) is 0 Å². The Hall–Kier alpha value is -3.00. The molecular weight excluding hydrogens is 392 g/mol. The number of halogens is 2. The molecule has 0 saturated heterocycles. The lowest BCUT2D eigenvalue weighted by atomic mass is 9.92. The lowest BCUT2D eigenvalue weighted by Gasteiger charge is -2.29. The van der Waals surface area contributed by atoms with Gasteiger partial charge in [0, 0.05) is 12.1 Å². The molecular formula is C22H23F2N3O3. The topological polar surface area (TPSA) is 76.4 Å². The van der Waals surface area contributed by atoms with Gasteiger partial charge in [-0.3, -0.25) is 10.1 Å². The smallest absolute Gasteiger partial charge is 0.387 e. The molecule has 1 atom stereocenters. The van der Waals surface area contributed by atoms with Crippen molar-refractivity contribution < 1.29 is 23.4 Å². The minimum atomic E-state index is -2.91. The van der Waals surface area contributed by atoms with Crippen LogP contribution in [0.4, 0.5) is 14.7 Å². The van der Waals surface area contributed by atoms with Gasteiger partial charge in [-0.2, -0.15) is 8.78 Å². The van der Waals surface area contributed by atoms with E-state index in [0.29, 0.717) is 22.5 Å². The fourth-order valence-corrected chi connectivity index (χ4v) is 3.73. The molecule has 6 nitrogen and oxygen atoms in total. The zero-order valence-corrected chi connectivity index (χ0v) is 16.5. The Bertz CT molecular complexity index is 1050. The van der Waals surface area contributed by atoms with Gasteiger partial charge in [-0.15, -0.1) is 0 Å². The molecule has 0 radical (unpaired) electrons. The summed E-state index contributed by atoms with van der Waals surface area (Å²) in [7, 11) is 0. The van der Waals surface area contributed by atoms with E-state index >= 15 is 0 Å². The Kier molecular flexibility index (Phi) is 5.42. The Labute approximate surface area is 172 Å². The van der Waals surface area contributed by atoms with Crippen LogP contribution in [0.1, 0.15) is 44.2 Å². The number of nitrogens with zero attached hydrogens (tertiary/aromatic N) is 2. The predicted octanol–water partition coefficient (Wildman–Crippen LogP) is 4.60. The third-order valence-corrected chi connectivity index (χ3v) is 5.48. The third-order valence-electron chi connectivity index (χ3n) is 5.48. The summed E-state index contributed by atoms with van der Waals surface area (Å²) in [5.74, 6) is 0.00408. The monoisotopic (exact) mass is 415 g/mol. The van der Waals surface area contributed by atoms with Crippen LogP contribution in [0.15, 0.2) is 48.5 Å². The van der Waals surface area contributed by atoms with Gasteiger partial charge in [-0.05, 0) is 43.9 Å². The second-order valence-electron chi connectivity index (χ2n) is 7.78. The number of imidazole rings is 1. The molecule has 1 aliphatic rings. The van der Waals surface area contributed by atoms with Crippen LogP contribution in [-0.4, -0.2) is 27.2 Å². The van der Waals surface area contributed by atoms with E-state index in [4.69, 9.17) is 0 Å². The first-order valence-electron chi connectivity index (χ1n) is 9.88. The summed E-state index contributed by atoms with van der Waals surface area (Å²) in [6, 6.07) is 13.6. The highest BCUT2D eigenvalue weighted by molar-refractivity contribution is 5.92. The van der Waals surface area contributed by atoms with Gasteiger partial charge < -0.3 is 14.4 Å². The second-order valence-corrected chi connectivity index (χ2v) is 7.78. The maximum atomic E-state index is 12.7. The third kappa shape index (κ3) is 4.14. The lowest BCUT2D eigenvalue weighted by molar-refractivity contribution is -0.120. The minimum absolute atomic E-state index is 0.0443. The van der Waals surface area contributed by atoms with Crippen molar-refractivity contribution >= 4 is 22.9 Å². The molecule has 1 unspecified atom stereocenters. The van der Waals surface area contributed by atoms with Crippen molar-refractivity contribution in [2.45, 2.75) is 50.9 Å². The van der Waals surface area contributed by atoms with E-state index in [-0.39, 0.29) is 24.1 Å². The first-order chi connectivity index (χ1) is 14.3. The molecule has 1 aromatic heterocycles. The molecule has 2 N–H and O–H groups in total. The van der Waals surface area contributed by atoms with Gasteiger partial charge in [0.05, 0.1) is 23.1 Å². The van der Waals surface area contributed by atoms with Gasteiger partial charge >= 0.3 is 6.61 Å². The number of amides is 1. The number of fused-ring (bicyclic) bond motifs is 1. The summed E-state index contributed by atoms with van der Waals surface area (Å²) < 4.78 is 31.6. The van der Waals surface area contributed by atoms with Crippen LogP contribution in [0.2, 0.25) is 0 Å². The lowest BCUT2D eigenvalue weighted by Crippen LogP contribution is -2.30. The number of aliphatic hydroxyl groups is 1. The normalized spacial score (nSPS) is 16.3. The molecule has 0 bridgehead atoms. The number of rotatable bonds is 7. The number of alkyl halides is 2. The first kappa shape index (κ1) is 20.3. The molecule has 4 rings (SSSR count). The maximum absolute atomic E-state index is 12.7. The molecule has 1 aliphatic carbocycles. The zero-order valence-electron chi connectivity index (χ0n) is 16.5. The van der Waals surface area contributed by atoms with E-state index in [1.807, 2.05) is 10.6 Å². The number of hydrogen-bond donors (Lipinski definition) is 2. The van der Waals surface area contributed by atoms with Crippen LogP contribution in [-0.2, 0) is 10.4 Å². The summed E-state index contributed by atoms with van der Waals surface area (Å²) in [5, 5.41) is 13.6. The molecule has 3 aromatic rings. The van der Waals surface area contributed by atoms with Crippen molar-refractivity contribution in [3.05, 3.63) is 54.1 Å². The second kappa shape index (κ2) is 8.02. The highest BCUT2D eigenvalue weighted by Crippen LogP contribution is 2.38. The molecule has 1 amide bonds. The number of anilines is 1. The highest BCUT2D eigenvalue weighted by Gasteiger charge is 2.29. The van der Waals surface area contributed by atoms with Crippen LogP contribution in [0.3, 0.4) is 0 Å². The van der Waals surface area contributed by atoms with Crippen LogP contribution in [0, 0.1) is 0 Å². The molecule has 158 valence electrons. The van der Waals surface area contributed by atoms with Crippen LogP contribution < -0.4 is 10.1 Å². The van der Waals surface area contributed by atoms with E-state index in [0.717, 1.165) is 19.3 Å². The van der Waals surface area contributed by atoms with Crippen molar-refractivity contribution in [1.82, 2.24) is 9.55 Å². The van der Waals surface area contributed by atoms with Gasteiger partial charge in [0.2, 0.25) is 11.9 Å². The largest absolute Gasteiger partial charge is 0.435 e. The summed E-state index contributed by atoms with van der Waals surface area (Å²) in [6.45, 7) is -1.33. The molecule has 8 heteroatoms. The minimum Gasteiger partial charge on any atom is -0.435 e. The van der Waals surface area contributed by atoms with Crippen LogP contribution in [0.25, 0.3) is 11.0 Å². The number of benzene rings is 2.